The van der Waals surface area contributed by atoms with Crippen molar-refractivity contribution in [3.05, 3.63) is 44.7 Å². The summed E-state index contributed by atoms with van der Waals surface area (Å²) in [5, 5.41) is 11.1. The lowest BCUT2D eigenvalue weighted by atomic mass is 10.4. The molecule has 0 spiro atoms. The molecule has 0 fully saturated rings. The lowest BCUT2D eigenvalue weighted by molar-refractivity contribution is -0.140. The van der Waals surface area contributed by atoms with Gasteiger partial charge in [0, 0.05) is 20.6 Å². The van der Waals surface area contributed by atoms with E-state index in [1.54, 1.807) is 23.0 Å². The molecule has 4 heterocycles. The van der Waals surface area contributed by atoms with Gasteiger partial charge in [0.05, 0.1) is 23.5 Å². The van der Waals surface area contributed by atoms with Crippen LogP contribution in [0.2, 0.25) is 0 Å². The monoisotopic (exact) mass is 475 g/mol. The van der Waals surface area contributed by atoms with Crippen molar-refractivity contribution < 1.29 is 9.53 Å². The lowest BCUT2D eigenvalue weighted by Gasteiger charge is -2.08. The zero-order valence-electron chi connectivity index (χ0n) is 17.7. The van der Waals surface area contributed by atoms with Crippen LogP contribution in [0.1, 0.15) is 6.92 Å². The van der Waals surface area contributed by atoms with Crippen LogP contribution < -0.4 is 11.2 Å². The van der Waals surface area contributed by atoms with Crippen LogP contribution in [-0.4, -0.2) is 51.8 Å². The molecule has 0 aromatic carbocycles. The predicted octanol–water partition coefficient (Wildman–Crippen LogP) is 1.11. The molecule has 0 aliphatic heterocycles. The third-order valence-electron chi connectivity index (χ3n) is 4.91. The second-order valence-corrected chi connectivity index (χ2v) is 8.74. The smallest absolute Gasteiger partial charge is 0.332 e. The van der Waals surface area contributed by atoms with E-state index in [-0.39, 0.29) is 24.4 Å². The molecular formula is C19H21N7O4S2. The molecule has 13 heteroatoms. The van der Waals surface area contributed by atoms with Gasteiger partial charge in [-0.25, -0.2) is 9.78 Å². The molecule has 0 saturated heterocycles. The van der Waals surface area contributed by atoms with Crippen molar-refractivity contribution in [2.45, 2.75) is 25.2 Å². The Morgan fingerprint density at radius 1 is 1.22 bits per heavy atom. The molecule has 4 aromatic rings. The van der Waals surface area contributed by atoms with Crippen molar-refractivity contribution in [2.24, 2.45) is 14.1 Å². The van der Waals surface area contributed by atoms with E-state index in [4.69, 9.17) is 4.74 Å². The van der Waals surface area contributed by atoms with Gasteiger partial charge in [-0.05, 0) is 18.4 Å². The van der Waals surface area contributed by atoms with Gasteiger partial charge in [0.15, 0.2) is 22.1 Å². The third-order valence-corrected chi connectivity index (χ3v) is 6.71. The van der Waals surface area contributed by atoms with Crippen LogP contribution in [0.4, 0.5) is 0 Å². The summed E-state index contributed by atoms with van der Waals surface area (Å²) in [6.07, 6.45) is 1.46. The van der Waals surface area contributed by atoms with E-state index in [1.165, 1.54) is 29.7 Å². The molecule has 0 atom stereocenters. The molecule has 0 aliphatic carbocycles. The molecule has 11 nitrogen and oxygen atoms in total. The van der Waals surface area contributed by atoms with E-state index in [9.17, 15) is 14.4 Å². The SMILES string of the molecule is CCn1c(SCC(=O)OCCn2cnc3c2c(=O)n(C)c(=O)n3C)nnc1-c1cccs1. The Kier molecular flexibility index (Phi) is 6.28. The topological polar surface area (TPSA) is 119 Å². The number of aryl methyl sites for hydroxylation is 1. The normalized spacial score (nSPS) is 11.3. The summed E-state index contributed by atoms with van der Waals surface area (Å²) < 4.78 is 11.2. The standard InChI is InChI=1S/C19H21N7O4S2/c1-4-26-15(12-6-5-9-31-12)21-22-18(26)32-10-13(27)30-8-7-25-11-20-16-14(25)17(28)24(3)19(29)23(16)2/h5-6,9,11H,4,7-8,10H2,1-3H3. The van der Waals surface area contributed by atoms with E-state index in [1.807, 2.05) is 29.0 Å². The number of ether oxygens (including phenoxy) is 1. The largest absolute Gasteiger partial charge is 0.463 e. The Morgan fingerprint density at radius 2 is 2.03 bits per heavy atom. The zero-order chi connectivity index (χ0) is 22.8. The molecule has 4 rings (SSSR count). The number of nitrogens with zero attached hydrogens (tertiary/aromatic N) is 7. The number of hydrogen-bond acceptors (Lipinski definition) is 9. The van der Waals surface area contributed by atoms with Crippen LogP contribution in [0.3, 0.4) is 0 Å². The van der Waals surface area contributed by atoms with E-state index in [0.29, 0.717) is 17.3 Å². The first kappa shape index (κ1) is 22.0. The second kappa shape index (κ2) is 9.12. The summed E-state index contributed by atoms with van der Waals surface area (Å²) in [5.74, 6) is 0.466. The minimum Gasteiger partial charge on any atom is -0.463 e. The molecule has 0 saturated carbocycles. The third kappa shape index (κ3) is 4.00. The average Bonchev–Trinajstić information content (AvgIpc) is 3.53. The zero-order valence-corrected chi connectivity index (χ0v) is 19.4. The van der Waals surface area contributed by atoms with E-state index < -0.39 is 17.2 Å². The Balaban J connectivity index is 1.37. The first-order chi connectivity index (χ1) is 15.4. The first-order valence-corrected chi connectivity index (χ1v) is 11.6. The summed E-state index contributed by atoms with van der Waals surface area (Å²) in [6.45, 7) is 2.99. The van der Waals surface area contributed by atoms with Crippen molar-refractivity contribution in [1.29, 1.82) is 0 Å². The van der Waals surface area contributed by atoms with Crippen LogP contribution in [0.25, 0.3) is 21.9 Å². The number of aromatic nitrogens is 7. The van der Waals surface area contributed by atoms with Gasteiger partial charge in [-0.1, -0.05) is 17.8 Å². The van der Waals surface area contributed by atoms with Crippen molar-refractivity contribution >= 4 is 40.2 Å². The maximum atomic E-state index is 12.5. The van der Waals surface area contributed by atoms with Crippen molar-refractivity contribution in [1.82, 2.24) is 33.4 Å². The van der Waals surface area contributed by atoms with E-state index in [0.717, 1.165) is 15.3 Å². The van der Waals surface area contributed by atoms with Crippen LogP contribution in [0, 0.1) is 0 Å². The van der Waals surface area contributed by atoms with Crippen molar-refractivity contribution in [3.8, 4) is 10.7 Å². The molecule has 168 valence electrons. The van der Waals surface area contributed by atoms with Gasteiger partial charge in [0.2, 0.25) is 0 Å². The summed E-state index contributed by atoms with van der Waals surface area (Å²) in [5.41, 5.74) is -0.307. The number of rotatable bonds is 8. The number of hydrogen-bond donors (Lipinski definition) is 0. The maximum absolute atomic E-state index is 12.5. The minimum absolute atomic E-state index is 0.0672. The second-order valence-electron chi connectivity index (χ2n) is 6.85. The number of thiophene rings is 1. The average molecular weight is 476 g/mol. The van der Waals surface area contributed by atoms with Crippen LogP contribution in [0.15, 0.2) is 38.6 Å². The molecular weight excluding hydrogens is 454 g/mol. The number of fused-ring (bicyclic) bond motifs is 1. The van der Waals surface area contributed by atoms with Gasteiger partial charge >= 0.3 is 11.7 Å². The molecule has 0 radical (unpaired) electrons. The van der Waals surface area contributed by atoms with Gasteiger partial charge < -0.3 is 13.9 Å². The van der Waals surface area contributed by atoms with Crippen molar-refractivity contribution in [3.63, 3.8) is 0 Å². The minimum atomic E-state index is -0.446. The first-order valence-electron chi connectivity index (χ1n) is 9.78. The highest BCUT2D eigenvalue weighted by atomic mass is 32.2. The number of carbonyl (C=O) groups is 1. The molecule has 32 heavy (non-hydrogen) atoms. The van der Waals surface area contributed by atoms with E-state index >= 15 is 0 Å². The number of carbonyl (C=O) groups excluding carboxylic acids is 1. The molecule has 4 aromatic heterocycles. The Morgan fingerprint density at radius 3 is 2.75 bits per heavy atom. The fourth-order valence-electron chi connectivity index (χ4n) is 3.26. The summed E-state index contributed by atoms with van der Waals surface area (Å²) in [6, 6.07) is 3.94. The number of thioether (sulfide) groups is 1. The molecule has 0 unspecified atom stereocenters. The molecule has 0 aliphatic rings. The summed E-state index contributed by atoms with van der Waals surface area (Å²) >= 11 is 2.85. The van der Waals surface area contributed by atoms with Gasteiger partial charge in [0.1, 0.15) is 6.61 Å². The fraction of sp³-hybridized carbons (Fsp3) is 0.368. The van der Waals surface area contributed by atoms with Gasteiger partial charge in [-0.2, -0.15) is 0 Å². The Bertz CT molecular complexity index is 1380. The maximum Gasteiger partial charge on any atom is 0.332 e. The highest BCUT2D eigenvalue weighted by molar-refractivity contribution is 7.99. The Labute approximate surface area is 190 Å². The molecule has 0 amide bonds. The van der Waals surface area contributed by atoms with Crippen molar-refractivity contribution in [2.75, 3.05) is 12.4 Å². The van der Waals surface area contributed by atoms with Gasteiger partial charge in [-0.3, -0.25) is 18.7 Å². The van der Waals surface area contributed by atoms with Gasteiger partial charge in [0.25, 0.3) is 5.56 Å². The predicted molar refractivity (Wildman–Crippen MR) is 121 cm³/mol. The quantitative estimate of drug-likeness (QED) is 0.275. The highest BCUT2D eigenvalue weighted by Gasteiger charge is 2.17. The Hall–Kier alpha value is -3.19. The summed E-state index contributed by atoms with van der Waals surface area (Å²) in [4.78, 5) is 41.9. The number of esters is 1. The highest BCUT2D eigenvalue weighted by Crippen LogP contribution is 2.27. The molecule has 0 N–H and O–H groups in total. The van der Waals surface area contributed by atoms with Crippen LogP contribution in [0.5, 0.6) is 0 Å². The van der Waals surface area contributed by atoms with Crippen LogP contribution >= 0.6 is 23.1 Å². The van der Waals surface area contributed by atoms with E-state index in [2.05, 4.69) is 15.2 Å². The number of imidazole rings is 1. The summed E-state index contributed by atoms with van der Waals surface area (Å²) in [7, 11) is 2.97. The van der Waals surface area contributed by atoms with Gasteiger partial charge in [-0.15, -0.1) is 21.5 Å². The molecule has 0 bridgehead atoms. The van der Waals surface area contributed by atoms with Crippen LogP contribution in [-0.2, 0) is 36.7 Å². The lowest BCUT2D eigenvalue weighted by Crippen LogP contribution is -2.37. The fourth-order valence-corrected chi connectivity index (χ4v) is 4.78.